The van der Waals surface area contributed by atoms with E-state index in [1.54, 1.807) is 0 Å². The highest BCUT2D eigenvalue weighted by Crippen LogP contribution is 2.14. The lowest BCUT2D eigenvalue weighted by molar-refractivity contribution is 0.468. The van der Waals surface area contributed by atoms with Crippen molar-refractivity contribution in [2.75, 3.05) is 14.1 Å². The largest absolute Gasteiger partial charge is 0.349 e. The number of aliphatic imine (C=N–C) groups is 1. The van der Waals surface area contributed by atoms with Gasteiger partial charge in [0.2, 0.25) is 0 Å². The Hall–Kier alpha value is -2.37. The fraction of sp³-hybridized carbons (Fsp3) is 0.500. The first kappa shape index (κ1) is 16.5. The average molecular weight is 326 g/mol. The van der Waals surface area contributed by atoms with Crippen molar-refractivity contribution in [1.29, 1.82) is 0 Å². The molecule has 1 aromatic carbocycles. The molecule has 0 amide bonds. The fourth-order valence-corrected chi connectivity index (χ4v) is 3.08. The summed E-state index contributed by atoms with van der Waals surface area (Å²) in [4.78, 5) is 6.51. The molecular formula is C18H26N6. The summed E-state index contributed by atoms with van der Waals surface area (Å²) < 4.78 is 2.24. The van der Waals surface area contributed by atoms with Crippen LogP contribution in [0.5, 0.6) is 0 Å². The third kappa shape index (κ3) is 3.75. The highest BCUT2D eigenvalue weighted by molar-refractivity contribution is 5.79. The maximum absolute atomic E-state index is 4.39. The molecule has 128 valence electrons. The van der Waals surface area contributed by atoms with Gasteiger partial charge in [-0.25, -0.2) is 0 Å². The highest BCUT2D eigenvalue weighted by atomic mass is 15.3. The number of nitrogens with one attached hydrogen (secondary N) is 1. The second-order valence-electron chi connectivity index (χ2n) is 6.38. The Morgan fingerprint density at radius 2 is 2.04 bits per heavy atom. The van der Waals surface area contributed by atoms with Crippen LogP contribution in [0, 0.1) is 6.92 Å². The lowest BCUT2D eigenvalue weighted by Gasteiger charge is -2.22. The van der Waals surface area contributed by atoms with E-state index in [2.05, 4.69) is 68.2 Å². The van der Waals surface area contributed by atoms with Gasteiger partial charge in [-0.2, -0.15) is 0 Å². The maximum Gasteiger partial charge on any atom is 0.194 e. The van der Waals surface area contributed by atoms with E-state index in [9.17, 15) is 0 Å². The van der Waals surface area contributed by atoms with Crippen LogP contribution >= 0.6 is 0 Å². The standard InChI is InChI=1S/C18H26N6/c1-14-7-9-15(10-8-14)13-23(3)18(19-2)20-12-17-22-21-16-6-4-5-11-24(16)17/h7-10H,4-6,11-13H2,1-3H3,(H,19,20). The van der Waals surface area contributed by atoms with Crippen molar-refractivity contribution in [1.82, 2.24) is 25.0 Å². The summed E-state index contributed by atoms with van der Waals surface area (Å²) in [6, 6.07) is 8.60. The van der Waals surface area contributed by atoms with E-state index in [4.69, 9.17) is 0 Å². The SMILES string of the molecule is CN=C(NCc1nnc2n1CCCC2)N(C)Cc1ccc(C)cc1. The van der Waals surface area contributed by atoms with Gasteiger partial charge in [0.1, 0.15) is 5.82 Å². The Bertz CT molecular complexity index is 701. The summed E-state index contributed by atoms with van der Waals surface area (Å²) in [6.45, 7) is 4.60. The summed E-state index contributed by atoms with van der Waals surface area (Å²) in [5.41, 5.74) is 2.55. The van der Waals surface area contributed by atoms with Crippen LogP contribution in [-0.4, -0.2) is 39.7 Å². The minimum absolute atomic E-state index is 0.651. The second-order valence-corrected chi connectivity index (χ2v) is 6.38. The molecule has 0 spiro atoms. The Labute approximate surface area is 143 Å². The molecule has 0 fully saturated rings. The highest BCUT2D eigenvalue weighted by Gasteiger charge is 2.16. The minimum atomic E-state index is 0.651. The maximum atomic E-state index is 4.39. The van der Waals surface area contributed by atoms with Crippen LogP contribution in [0.1, 0.15) is 35.6 Å². The summed E-state index contributed by atoms with van der Waals surface area (Å²) in [6.07, 6.45) is 3.46. The van der Waals surface area contributed by atoms with E-state index in [0.717, 1.165) is 37.1 Å². The van der Waals surface area contributed by atoms with Crippen molar-refractivity contribution in [2.45, 2.75) is 45.8 Å². The lowest BCUT2D eigenvalue weighted by atomic mass is 10.1. The molecule has 1 aliphatic heterocycles. The van der Waals surface area contributed by atoms with Gasteiger partial charge in [0, 0.05) is 33.6 Å². The number of benzene rings is 1. The first-order valence-corrected chi connectivity index (χ1v) is 8.55. The Morgan fingerprint density at radius 3 is 2.79 bits per heavy atom. The molecule has 24 heavy (non-hydrogen) atoms. The van der Waals surface area contributed by atoms with E-state index in [1.807, 2.05) is 7.05 Å². The summed E-state index contributed by atoms with van der Waals surface area (Å²) in [5, 5.41) is 12.0. The van der Waals surface area contributed by atoms with Crippen LogP contribution in [0.15, 0.2) is 29.3 Å². The zero-order valence-electron chi connectivity index (χ0n) is 14.8. The van der Waals surface area contributed by atoms with Gasteiger partial charge in [-0.3, -0.25) is 4.99 Å². The molecule has 0 radical (unpaired) electrons. The number of aromatic nitrogens is 3. The topological polar surface area (TPSA) is 58.3 Å². The number of fused-ring (bicyclic) bond motifs is 1. The Kier molecular flexibility index (Phi) is 5.13. The van der Waals surface area contributed by atoms with Gasteiger partial charge in [-0.15, -0.1) is 10.2 Å². The predicted octanol–water partition coefficient (Wildman–Crippen LogP) is 2.13. The van der Waals surface area contributed by atoms with E-state index in [-0.39, 0.29) is 0 Å². The van der Waals surface area contributed by atoms with Crippen LogP contribution < -0.4 is 5.32 Å². The van der Waals surface area contributed by atoms with Crippen molar-refractivity contribution < 1.29 is 0 Å². The van der Waals surface area contributed by atoms with Crippen molar-refractivity contribution in [3.63, 3.8) is 0 Å². The molecule has 2 heterocycles. The molecular weight excluding hydrogens is 300 g/mol. The van der Waals surface area contributed by atoms with Crippen LogP contribution in [0.3, 0.4) is 0 Å². The van der Waals surface area contributed by atoms with E-state index >= 15 is 0 Å². The van der Waals surface area contributed by atoms with Gasteiger partial charge in [0.25, 0.3) is 0 Å². The quantitative estimate of drug-likeness (QED) is 0.691. The van der Waals surface area contributed by atoms with Crippen molar-refractivity contribution in [3.8, 4) is 0 Å². The molecule has 0 atom stereocenters. The van der Waals surface area contributed by atoms with Crippen molar-refractivity contribution in [3.05, 3.63) is 47.0 Å². The zero-order chi connectivity index (χ0) is 16.9. The smallest absolute Gasteiger partial charge is 0.194 e. The number of hydrogen-bond acceptors (Lipinski definition) is 3. The number of hydrogen-bond donors (Lipinski definition) is 1. The number of guanidine groups is 1. The number of nitrogens with zero attached hydrogens (tertiary/aromatic N) is 5. The monoisotopic (exact) mass is 326 g/mol. The molecule has 6 nitrogen and oxygen atoms in total. The van der Waals surface area contributed by atoms with E-state index in [1.165, 1.54) is 24.0 Å². The normalized spacial score (nSPS) is 14.4. The number of aryl methyl sites for hydroxylation is 2. The fourth-order valence-electron chi connectivity index (χ4n) is 3.08. The number of rotatable bonds is 4. The molecule has 2 aromatic rings. The third-order valence-electron chi connectivity index (χ3n) is 4.45. The molecule has 1 N–H and O–H groups in total. The second kappa shape index (κ2) is 7.47. The van der Waals surface area contributed by atoms with Gasteiger partial charge in [0.05, 0.1) is 6.54 Å². The molecule has 0 saturated heterocycles. The van der Waals surface area contributed by atoms with E-state index < -0.39 is 0 Å². The first-order valence-electron chi connectivity index (χ1n) is 8.55. The van der Waals surface area contributed by atoms with Gasteiger partial charge in [0.15, 0.2) is 11.8 Å². The molecule has 1 aliphatic rings. The zero-order valence-corrected chi connectivity index (χ0v) is 14.8. The predicted molar refractivity (Wildman–Crippen MR) is 95.8 cm³/mol. The van der Waals surface area contributed by atoms with Gasteiger partial charge in [-0.1, -0.05) is 29.8 Å². The van der Waals surface area contributed by atoms with Crippen molar-refractivity contribution in [2.24, 2.45) is 4.99 Å². The van der Waals surface area contributed by atoms with Gasteiger partial charge in [-0.05, 0) is 25.3 Å². The third-order valence-corrected chi connectivity index (χ3v) is 4.45. The molecule has 6 heteroatoms. The van der Waals surface area contributed by atoms with Gasteiger partial charge >= 0.3 is 0 Å². The van der Waals surface area contributed by atoms with Crippen molar-refractivity contribution >= 4 is 5.96 Å². The van der Waals surface area contributed by atoms with Crippen LogP contribution in [0.4, 0.5) is 0 Å². The minimum Gasteiger partial charge on any atom is -0.349 e. The van der Waals surface area contributed by atoms with Crippen LogP contribution in [0.2, 0.25) is 0 Å². The summed E-state index contributed by atoms with van der Waals surface area (Å²) >= 11 is 0. The molecule has 0 saturated carbocycles. The van der Waals surface area contributed by atoms with Crippen LogP contribution in [0.25, 0.3) is 0 Å². The average Bonchev–Trinajstić information content (AvgIpc) is 3.01. The summed E-state index contributed by atoms with van der Waals surface area (Å²) in [5.74, 6) is 2.97. The lowest BCUT2D eigenvalue weighted by Crippen LogP contribution is -2.38. The first-order chi connectivity index (χ1) is 11.7. The van der Waals surface area contributed by atoms with Crippen LogP contribution in [-0.2, 0) is 26.1 Å². The Morgan fingerprint density at radius 1 is 1.25 bits per heavy atom. The molecule has 1 aromatic heterocycles. The summed E-state index contributed by atoms with van der Waals surface area (Å²) in [7, 11) is 3.86. The molecule has 0 bridgehead atoms. The molecule has 0 aliphatic carbocycles. The molecule has 3 rings (SSSR count). The Balaban J connectivity index is 1.60. The van der Waals surface area contributed by atoms with Gasteiger partial charge < -0.3 is 14.8 Å². The van der Waals surface area contributed by atoms with E-state index in [0.29, 0.717) is 6.54 Å². The molecule has 0 unspecified atom stereocenters.